The molecule has 0 saturated carbocycles. The SMILES string of the molecule is Cc1nc(N2C(=O)C(=O)/C(=C(/O)c3ccc(Cl)cc3)[C@@H]2c2ccccc2)sc1C. The topological polar surface area (TPSA) is 70.5 Å². The highest BCUT2D eigenvalue weighted by atomic mass is 35.5. The molecule has 1 saturated heterocycles. The van der Waals surface area contributed by atoms with Crippen molar-refractivity contribution in [1.82, 2.24) is 4.98 Å². The highest BCUT2D eigenvalue weighted by molar-refractivity contribution is 7.16. The van der Waals surface area contributed by atoms with Crippen molar-refractivity contribution in [2.45, 2.75) is 19.9 Å². The van der Waals surface area contributed by atoms with Gasteiger partial charge in [-0.3, -0.25) is 14.5 Å². The van der Waals surface area contributed by atoms with Gasteiger partial charge in [-0.05, 0) is 43.7 Å². The van der Waals surface area contributed by atoms with Gasteiger partial charge < -0.3 is 5.11 Å². The Kier molecular flexibility index (Phi) is 4.98. The zero-order chi connectivity index (χ0) is 20.7. The minimum Gasteiger partial charge on any atom is -0.507 e. The molecule has 1 N–H and O–H groups in total. The summed E-state index contributed by atoms with van der Waals surface area (Å²) in [5.74, 6) is -1.68. The number of hydrogen-bond acceptors (Lipinski definition) is 5. The van der Waals surface area contributed by atoms with E-state index < -0.39 is 17.7 Å². The molecule has 0 unspecified atom stereocenters. The van der Waals surface area contributed by atoms with Crippen LogP contribution in [0.25, 0.3) is 5.76 Å². The first-order valence-electron chi connectivity index (χ1n) is 8.94. The second-order valence-electron chi connectivity index (χ2n) is 6.72. The molecule has 1 fully saturated rings. The van der Waals surface area contributed by atoms with Crippen LogP contribution in [0.2, 0.25) is 5.02 Å². The summed E-state index contributed by atoms with van der Waals surface area (Å²) in [6.45, 7) is 3.77. The number of aliphatic hydroxyl groups is 1. The number of carbonyl (C=O) groups is 2. The first-order valence-corrected chi connectivity index (χ1v) is 10.1. The normalized spacial score (nSPS) is 18.4. The molecule has 29 heavy (non-hydrogen) atoms. The lowest BCUT2D eigenvalue weighted by Gasteiger charge is -2.23. The average Bonchev–Trinajstić information content (AvgIpc) is 3.18. The number of amides is 1. The van der Waals surface area contributed by atoms with Crippen molar-refractivity contribution in [3.8, 4) is 0 Å². The molecule has 0 bridgehead atoms. The van der Waals surface area contributed by atoms with E-state index in [1.165, 1.54) is 16.2 Å². The number of carbonyl (C=O) groups excluding carboxylic acids is 2. The van der Waals surface area contributed by atoms with Gasteiger partial charge >= 0.3 is 5.91 Å². The van der Waals surface area contributed by atoms with E-state index in [2.05, 4.69) is 4.98 Å². The molecular formula is C22H17ClN2O3S. The highest BCUT2D eigenvalue weighted by Gasteiger charge is 2.48. The number of hydrogen-bond donors (Lipinski definition) is 1. The predicted molar refractivity (Wildman–Crippen MR) is 114 cm³/mol. The standard InChI is InChI=1S/C22H17ClN2O3S/c1-12-13(2)29-22(24-12)25-18(14-6-4-3-5-7-14)17(20(27)21(25)28)19(26)15-8-10-16(23)11-9-15/h3-11,18,26H,1-2H3/b19-17+/t18-/m0/s1. The van der Waals surface area contributed by atoms with Crippen LogP contribution >= 0.6 is 22.9 Å². The van der Waals surface area contributed by atoms with E-state index in [4.69, 9.17) is 11.6 Å². The molecule has 2 aromatic carbocycles. The maximum absolute atomic E-state index is 13.0. The molecule has 1 atom stereocenters. The van der Waals surface area contributed by atoms with Gasteiger partial charge in [0, 0.05) is 15.5 Å². The van der Waals surface area contributed by atoms with E-state index in [1.54, 1.807) is 24.3 Å². The van der Waals surface area contributed by atoms with E-state index in [-0.39, 0.29) is 11.3 Å². The Hall–Kier alpha value is -2.96. The lowest BCUT2D eigenvalue weighted by atomic mass is 9.95. The van der Waals surface area contributed by atoms with Crippen molar-refractivity contribution in [1.29, 1.82) is 0 Å². The molecule has 5 nitrogen and oxygen atoms in total. The van der Waals surface area contributed by atoms with Crippen molar-refractivity contribution < 1.29 is 14.7 Å². The van der Waals surface area contributed by atoms with Crippen LogP contribution in [0.4, 0.5) is 5.13 Å². The van der Waals surface area contributed by atoms with Gasteiger partial charge in [0.2, 0.25) is 0 Å². The van der Waals surface area contributed by atoms with Gasteiger partial charge in [-0.1, -0.05) is 41.9 Å². The number of ketones is 1. The van der Waals surface area contributed by atoms with Gasteiger partial charge in [0.15, 0.2) is 5.13 Å². The second-order valence-corrected chi connectivity index (χ2v) is 8.34. The quantitative estimate of drug-likeness (QED) is 0.363. The van der Waals surface area contributed by atoms with Gasteiger partial charge in [0.25, 0.3) is 5.78 Å². The van der Waals surface area contributed by atoms with Crippen LogP contribution in [0, 0.1) is 13.8 Å². The zero-order valence-corrected chi connectivity index (χ0v) is 17.3. The third-order valence-electron chi connectivity index (χ3n) is 4.90. The number of aryl methyl sites for hydroxylation is 2. The Balaban J connectivity index is 1.94. The van der Waals surface area contributed by atoms with Gasteiger partial charge in [-0.2, -0.15) is 0 Å². The molecule has 2 heterocycles. The number of Topliss-reactive ketones (excluding diaryl/α,β-unsaturated/α-hetero) is 1. The van der Waals surface area contributed by atoms with Gasteiger partial charge in [0.1, 0.15) is 5.76 Å². The minimum atomic E-state index is -0.767. The summed E-state index contributed by atoms with van der Waals surface area (Å²) in [6.07, 6.45) is 0. The third kappa shape index (κ3) is 3.34. The smallest absolute Gasteiger partial charge is 0.301 e. The maximum atomic E-state index is 13.0. The van der Waals surface area contributed by atoms with E-state index in [0.29, 0.717) is 21.3 Å². The van der Waals surface area contributed by atoms with Gasteiger partial charge in [-0.15, -0.1) is 11.3 Å². The number of benzene rings is 2. The number of rotatable bonds is 3. The summed E-state index contributed by atoms with van der Waals surface area (Å²) in [4.78, 5) is 32.8. The largest absolute Gasteiger partial charge is 0.507 e. The lowest BCUT2D eigenvalue weighted by Crippen LogP contribution is -2.29. The van der Waals surface area contributed by atoms with Crippen LogP contribution in [0.5, 0.6) is 0 Å². The van der Waals surface area contributed by atoms with Crippen molar-refractivity contribution in [3.05, 3.63) is 86.9 Å². The third-order valence-corrected chi connectivity index (χ3v) is 6.22. The van der Waals surface area contributed by atoms with E-state index >= 15 is 0 Å². The molecule has 1 aliphatic heterocycles. The molecule has 0 spiro atoms. The average molecular weight is 425 g/mol. The summed E-state index contributed by atoms with van der Waals surface area (Å²) in [6, 6.07) is 14.9. The van der Waals surface area contributed by atoms with E-state index in [0.717, 1.165) is 10.6 Å². The number of nitrogens with zero attached hydrogens (tertiary/aromatic N) is 2. The summed E-state index contributed by atoms with van der Waals surface area (Å²) in [5, 5.41) is 11.9. The number of halogens is 1. The van der Waals surface area contributed by atoms with Crippen LogP contribution < -0.4 is 4.90 Å². The molecule has 1 aromatic heterocycles. The van der Waals surface area contributed by atoms with Crippen LogP contribution in [0.15, 0.2) is 60.2 Å². The second kappa shape index (κ2) is 7.46. The van der Waals surface area contributed by atoms with Crippen LogP contribution in [-0.4, -0.2) is 21.8 Å². The molecule has 3 aromatic rings. The van der Waals surface area contributed by atoms with E-state index in [9.17, 15) is 14.7 Å². The fraction of sp³-hybridized carbons (Fsp3) is 0.136. The minimum absolute atomic E-state index is 0.0361. The Morgan fingerprint density at radius 2 is 1.72 bits per heavy atom. The molecule has 1 amide bonds. The van der Waals surface area contributed by atoms with Crippen LogP contribution in [0.1, 0.15) is 27.7 Å². The van der Waals surface area contributed by atoms with Crippen LogP contribution in [0.3, 0.4) is 0 Å². The zero-order valence-electron chi connectivity index (χ0n) is 15.7. The predicted octanol–water partition coefficient (Wildman–Crippen LogP) is 5.04. The summed E-state index contributed by atoms with van der Waals surface area (Å²) < 4.78 is 0. The van der Waals surface area contributed by atoms with Crippen LogP contribution in [-0.2, 0) is 9.59 Å². The van der Waals surface area contributed by atoms with Crippen molar-refractivity contribution >= 4 is 45.5 Å². The Labute approximate surface area is 176 Å². The first kappa shape index (κ1) is 19.4. The monoisotopic (exact) mass is 424 g/mol. The highest BCUT2D eigenvalue weighted by Crippen LogP contribution is 2.43. The number of thiazole rings is 1. The van der Waals surface area contributed by atoms with Crippen molar-refractivity contribution in [2.75, 3.05) is 4.90 Å². The van der Waals surface area contributed by atoms with Gasteiger partial charge in [0.05, 0.1) is 17.3 Å². The summed E-state index contributed by atoms with van der Waals surface area (Å²) in [5.41, 5.74) is 1.97. The number of aromatic nitrogens is 1. The molecule has 1 aliphatic rings. The molecule has 4 rings (SSSR count). The van der Waals surface area contributed by atoms with E-state index in [1.807, 2.05) is 44.2 Å². The van der Waals surface area contributed by atoms with Crippen molar-refractivity contribution in [2.24, 2.45) is 0 Å². The summed E-state index contributed by atoms with van der Waals surface area (Å²) in [7, 11) is 0. The fourth-order valence-electron chi connectivity index (χ4n) is 3.30. The first-order chi connectivity index (χ1) is 13.9. The number of aliphatic hydroxyl groups excluding tert-OH is 1. The molecule has 146 valence electrons. The number of anilines is 1. The molecule has 0 aliphatic carbocycles. The Morgan fingerprint density at radius 1 is 1.07 bits per heavy atom. The lowest BCUT2D eigenvalue weighted by molar-refractivity contribution is -0.132. The maximum Gasteiger partial charge on any atom is 0.301 e. The summed E-state index contributed by atoms with van der Waals surface area (Å²) >= 11 is 7.29. The molecular weight excluding hydrogens is 408 g/mol. The van der Waals surface area contributed by atoms with Gasteiger partial charge in [-0.25, -0.2) is 4.98 Å². The van der Waals surface area contributed by atoms with Crippen molar-refractivity contribution in [3.63, 3.8) is 0 Å². The Bertz CT molecular complexity index is 1120. The Morgan fingerprint density at radius 3 is 2.31 bits per heavy atom. The fourth-order valence-corrected chi connectivity index (χ4v) is 4.37. The molecule has 0 radical (unpaired) electrons. The molecule has 7 heteroatoms.